The zero-order valence-electron chi connectivity index (χ0n) is 12.5. The van der Waals surface area contributed by atoms with E-state index in [1.54, 1.807) is 30.3 Å². The Morgan fingerprint density at radius 2 is 1.88 bits per heavy atom. The molecular formula is C16H13N3O5. The van der Waals surface area contributed by atoms with Crippen molar-refractivity contribution in [2.24, 2.45) is 0 Å². The summed E-state index contributed by atoms with van der Waals surface area (Å²) in [5.74, 6) is -0.976. The maximum Gasteiger partial charge on any atom is 0.419 e. The minimum atomic E-state index is -0.566. The number of hydrogen-bond donors (Lipinski definition) is 1. The van der Waals surface area contributed by atoms with Crippen molar-refractivity contribution in [2.45, 2.75) is 13.0 Å². The molecule has 0 aliphatic carbocycles. The van der Waals surface area contributed by atoms with Gasteiger partial charge in [-0.3, -0.25) is 19.5 Å². The topological polar surface area (TPSA) is 107 Å². The highest BCUT2D eigenvalue weighted by Gasteiger charge is 2.15. The predicted molar refractivity (Wildman–Crippen MR) is 86.8 cm³/mol. The van der Waals surface area contributed by atoms with Gasteiger partial charge in [-0.1, -0.05) is 24.3 Å². The molecule has 8 heteroatoms. The van der Waals surface area contributed by atoms with Gasteiger partial charge in [0.2, 0.25) is 5.91 Å². The fourth-order valence-electron chi connectivity index (χ4n) is 2.39. The molecule has 0 atom stereocenters. The van der Waals surface area contributed by atoms with Gasteiger partial charge in [0.1, 0.15) is 5.69 Å². The number of carbonyl (C=O) groups is 1. The molecule has 0 fully saturated rings. The second-order valence-corrected chi connectivity index (χ2v) is 5.06. The van der Waals surface area contributed by atoms with Crippen LogP contribution in [0.2, 0.25) is 0 Å². The fourth-order valence-corrected chi connectivity index (χ4v) is 2.39. The van der Waals surface area contributed by atoms with E-state index in [1.165, 1.54) is 22.8 Å². The number of oxazole rings is 1. The summed E-state index contributed by atoms with van der Waals surface area (Å²) in [5.41, 5.74) is 0.983. The SMILES string of the molecule is O=C(CCn1c(=O)oc2ccccc21)Nc1ccccc1[N+](=O)[O-]. The zero-order valence-corrected chi connectivity index (χ0v) is 12.5. The molecule has 24 heavy (non-hydrogen) atoms. The van der Waals surface area contributed by atoms with E-state index in [-0.39, 0.29) is 24.3 Å². The third-order valence-electron chi connectivity index (χ3n) is 3.51. The van der Waals surface area contributed by atoms with Crippen LogP contribution in [0.4, 0.5) is 11.4 Å². The first-order valence-electron chi connectivity index (χ1n) is 7.18. The second kappa shape index (κ2) is 6.37. The van der Waals surface area contributed by atoms with Crippen LogP contribution in [-0.4, -0.2) is 15.4 Å². The number of aryl methyl sites for hydroxylation is 1. The van der Waals surface area contributed by atoms with Crippen LogP contribution >= 0.6 is 0 Å². The first-order valence-corrected chi connectivity index (χ1v) is 7.18. The lowest BCUT2D eigenvalue weighted by molar-refractivity contribution is -0.383. The molecule has 122 valence electrons. The maximum absolute atomic E-state index is 12.1. The quantitative estimate of drug-likeness (QED) is 0.572. The lowest BCUT2D eigenvalue weighted by Gasteiger charge is -2.06. The number of benzene rings is 2. The summed E-state index contributed by atoms with van der Waals surface area (Å²) in [6.07, 6.45) is -0.0184. The highest BCUT2D eigenvalue weighted by Crippen LogP contribution is 2.23. The first-order chi connectivity index (χ1) is 11.6. The van der Waals surface area contributed by atoms with Crippen molar-refractivity contribution in [3.05, 3.63) is 69.2 Å². The Labute approximate surface area is 135 Å². The Morgan fingerprint density at radius 1 is 1.17 bits per heavy atom. The summed E-state index contributed by atoms with van der Waals surface area (Å²) in [7, 11) is 0. The standard InChI is InChI=1S/C16H13N3O5/c20-15(17-11-5-1-2-6-12(11)19(22)23)9-10-18-13-7-3-4-8-14(13)24-16(18)21/h1-8H,9-10H2,(H,17,20). The number of hydrogen-bond acceptors (Lipinski definition) is 5. The van der Waals surface area contributed by atoms with Crippen LogP contribution in [0.25, 0.3) is 11.1 Å². The van der Waals surface area contributed by atoms with Gasteiger partial charge >= 0.3 is 5.76 Å². The highest BCUT2D eigenvalue weighted by molar-refractivity contribution is 5.93. The molecule has 1 heterocycles. The second-order valence-electron chi connectivity index (χ2n) is 5.06. The molecule has 1 amide bonds. The van der Waals surface area contributed by atoms with Crippen molar-refractivity contribution in [1.82, 2.24) is 4.57 Å². The Kier molecular flexibility index (Phi) is 4.11. The summed E-state index contributed by atoms with van der Waals surface area (Å²) in [5, 5.41) is 13.4. The molecule has 8 nitrogen and oxygen atoms in total. The Bertz CT molecular complexity index is 973. The van der Waals surface area contributed by atoms with Gasteiger partial charge in [-0.15, -0.1) is 0 Å². The van der Waals surface area contributed by atoms with Gasteiger partial charge in [0.05, 0.1) is 10.4 Å². The molecule has 0 bridgehead atoms. The average molecular weight is 327 g/mol. The summed E-state index contributed by atoms with van der Waals surface area (Å²) in [6, 6.07) is 12.8. The van der Waals surface area contributed by atoms with Crippen LogP contribution < -0.4 is 11.1 Å². The molecule has 0 radical (unpaired) electrons. The third-order valence-corrected chi connectivity index (χ3v) is 3.51. The number of fused-ring (bicyclic) bond motifs is 1. The molecule has 0 saturated heterocycles. The van der Waals surface area contributed by atoms with Crippen LogP contribution in [0.5, 0.6) is 0 Å². The molecule has 2 aromatic carbocycles. The van der Waals surface area contributed by atoms with Gasteiger partial charge in [-0.25, -0.2) is 4.79 Å². The molecule has 0 aliphatic rings. The van der Waals surface area contributed by atoms with E-state index in [1.807, 2.05) is 0 Å². The van der Waals surface area contributed by atoms with E-state index in [0.29, 0.717) is 11.1 Å². The number of amides is 1. The van der Waals surface area contributed by atoms with Crippen molar-refractivity contribution in [3.8, 4) is 0 Å². The molecule has 0 spiro atoms. The van der Waals surface area contributed by atoms with E-state index in [2.05, 4.69) is 5.32 Å². The van der Waals surface area contributed by atoms with Gasteiger partial charge in [0, 0.05) is 19.0 Å². The largest absolute Gasteiger partial charge is 0.419 e. The summed E-state index contributed by atoms with van der Waals surface area (Å²) in [4.78, 5) is 34.2. The Morgan fingerprint density at radius 3 is 2.67 bits per heavy atom. The number of nitrogens with zero attached hydrogens (tertiary/aromatic N) is 2. The molecule has 0 saturated carbocycles. The van der Waals surface area contributed by atoms with Crippen molar-refractivity contribution in [1.29, 1.82) is 0 Å². The van der Waals surface area contributed by atoms with Crippen LogP contribution in [0.1, 0.15) is 6.42 Å². The number of nitrogens with one attached hydrogen (secondary N) is 1. The number of rotatable bonds is 5. The van der Waals surface area contributed by atoms with Crippen molar-refractivity contribution < 1.29 is 14.1 Å². The van der Waals surface area contributed by atoms with E-state index in [4.69, 9.17) is 4.42 Å². The summed E-state index contributed by atoms with van der Waals surface area (Å²) >= 11 is 0. The average Bonchev–Trinajstić information content (AvgIpc) is 2.88. The molecule has 1 aromatic heterocycles. The first kappa shape index (κ1) is 15.5. The van der Waals surface area contributed by atoms with E-state index in [9.17, 15) is 19.7 Å². The highest BCUT2D eigenvalue weighted by atomic mass is 16.6. The lowest BCUT2D eigenvalue weighted by Crippen LogP contribution is -2.20. The van der Waals surface area contributed by atoms with Crippen molar-refractivity contribution >= 4 is 28.4 Å². The Hall–Kier alpha value is -3.42. The van der Waals surface area contributed by atoms with Gasteiger partial charge in [0.25, 0.3) is 5.69 Å². The molecule has 0 unspecified atom stereocenters. The van der Waals surface area contributed by atoms with Gasteiger partial charge in [0.15, 0.2) is 5.58 Å². The predicted octanol–water partition coefficient (Wildman–Crippen LogP) is 2.53. The maximum atomic E-state index is 12.1. The normalized spacial score (nSPS) is 10.7. The molecule has 1 N–H and O–H groups in total. The van der Waals surface area contributed by atoms with Crippen LogP contribution in [0.3, 0.4) is 0 Å². The number of para-hydroxylation sites is 4. The zero-order chi connectivity index (χ0) is 17.1. The minimum absolute atomic E-state index is 0.0184. The molecular weight excluding hydrogens is 314 g/mol. The number of anilines is 1. The van der Waals surface area contributed by atoms with E-state index < -0.39 is 16.6 Å². The van der Waals surface area contributed by atoms with Crippen LogP contribution in [-0.2, 0) is 11.3 Å². The van der Waals surface area contributed by atoms with E-state index >= 15 is 0 Å². The van der Waals surface area contributed by atoms with Crippen LogP contribution in [0.15, 0.2) is 57.7 Å². The van der Waals surface area contributed by atoms with Gasteiger partial charge in [-0.2, -0.15) is 0 Å². The number of nitro groups is 1. The summed E-state index contributed by atoms with van der Waals surface area (Å²) in [6.45, 7) is 0.113. The van der Waals surface area contributed by atoms with Gasteiger partial charge < -0.3 is 9.73 Å². The van der Waals surface area contributed by atoms with Crippen molar-refractivity contribution in [3.63, 3.8) is 0 Å². The number of aromatic nitrogens is 1. The minimum Gasteiger partial charge on any atom is -0.408 e. The molecule has 3 rings (SSSR count). The Balaban J connectivity index is 1.73. The third kappa shape index (κ3) is 3.02. The summed E-state index contributed by atoms with van der Waals surface area (Å²) < 4.78 is 6.44. The molecule has 0 aliphatic heterocycles. The van der Waals surface area contributed by atoms with E-state index in [0.717, 1.165) is 0 Å². The van der Waals surface area contributed by atoms with Crippen molar-refractivity contribution in [2.75, 3.05) is 5.32 Å². The van der Waals surface area contributed by atoms with Crippen LogP contribution in [0, 0.1) is 10.1 Å². The fraction of sp³-hybridized carbons (Fsp3) is 0.125. The van der Waals surface area contributed by atoms with Gasteiger partial charge in [-0.05, 0) is 18.2 Å². The monoisotopic (exact) mass is 327 g/mol. The smallest absolute Gasteiger partial charge is 0.408 e. The molecule has 3 aromatic rings. The number of nitro benzene ring substituents is 1. The lowest BCUT2D eigenvalue weighted by atomic mass is 10.2. The number of carbonyl (C=O) groups excluding carboxylic acids is 1.